The summed E-state index contributed by atoms with van der Waals surface area (Å²) in [5.41, 5.74) is 3.04. The van der Waals surface area contributed by atoms with E-state index in [0.717, 1.165) is 5.75 Å². The van der Waals surface area contributed by atoms with Crippen molar-refractivity contribution in [2.45, 2.75) is 43.8 Å². The van der Waals surface area contributed by atoms with E-state index >= 15 is 0 Å². The maximum absolute atomic E-state index is 13.2. The highest BCUT2D eigenvalue weighted by molar-refractivity contribution is 7.98. The van der Waals surface area contributed by atoms with Gasteiger partial charge in [-0.2, -0.15) is 0 Å². The maximum Gasteiger partial charge on any atom is 0.262 e. The predicted molar refractivity (Wildman–Crippen MR) is 127 cm³/mol. The quantitative estimate of drug-likeness (QED) is 0.298. The summed E-state index contributed by atoms with van der Waals surface area (Å²) in [7, 11) is 0. The summed E-state index contributed by atoms with van der Waals surface area (Å²) in [6.07, 6.45) is 2.44. The van der Waals surface area contributed by atoms with Gasteiger partial charge in [-0.15, -0.1) is 0 Å². The first-order valence-corrected chi connectivity index (χ1v) is 11.6. The fourth-order valence-electron chi connectivity index (χ4n) is 3.45. The van der Waals surface area contributed by atoms with Crippen LogP contribution in [0, 0.1) is 6.92 Å². The zero-order chi connectivity index (χ0) is 22.3. The third-order valence-corrected chi connectivity index (χ3v) is 6.30. The van der Waals surface area contributed by atoms with E-state index in [1.165, 1.54) is 11.1 Å². The second kappa shape index (κ2) is 10.3. The Kier molecular flexibility index (Phi) is 7.07. The van der Waals surface area contributed by atoms with Gasteiger partial charge in [-0.25, -0.2) is 4.98 Å². The summed E-state index contributed by atoms with van der Waals surface area (Å²) < 4.78 is 6.93. The number of hydrogen-bond acceptors (Lipinski definition) is 5. The molecule has 2 aromatic carbocycles. The highest BCUT2D eigenvalue weighted by atomic mass is 32.2. The van der Waals surface area contributed by atoms with Crippen LogP contribution in [0.5, 0.6) is 0 Å². The van der Waals surface area contributed by atoms with Gasteiger partial charge < -0.3 is 9.73 Å². The number of aryl methyl sites for hydroxylation is 1. The number of furan rings is 1. The van der Waals surface area contributed by atoms with E-state index in [1.807, 2.05) is 36.4 Å². The van der Waals surface area contributed by atoms with Crippen molar-refractivity contribution in [3.8, 4) is 0 Å². The third kappa shape index (κ3) is 5.29. The average Bonchev–Trinajstić information content (AvgIpc) is 3.33. The lowest BCUT2D eigenvalue weighted by atomic mass is 10.1. The first-order chi connectivity index (χ1) is 15.6. The Hall–Kier alpha value is -3.32. The highest BCUT2D eigenvalue weighted by Gasteiger charge is 2.13. The Bertz CT molecular complexity index is 1270. The zero-order valence-electron chi connectivity index (χ0n) is 17.9. The van der Waals surface area contributed by atoms with Crippen molar-refractivity contribution in [2.75, 3.05) is 0 Å². The molecule has 0 atom stereocenters. The zero-order valence-corrected chi connectivity index (χ0v) is 18.7. The smallest absolute Gasteiger partial charge is 0.262 e. The van der Waals surface area contributed by atoms with Crippen LogP contribution in [-0.4, -0.2) is 15.5 Å². The van der Waals surface area contributed by atoms with Crippen molar-refractivity contribution >= 4 is 28.6 Å². The molecule has 4 rings (SSSR count). The van der Waals surface area contributed by atoms with Crippen molar-refractivity contribution in [3.05, 3.63) is 94.2 Å². The fourth-order valence-corrected chi connectivity index (χ4v) is 4.56. The number of nitrogens with zero attached hydrogens (tertiary/aromatic N) is 2. The lowest BCUT2D eigenvalue weighted by Crippen LogP contribution is -2.26. The minimum Gasteiger partial charge on any atom is -0.467 e. The van der Waals surface area contributed by atoms with E-state index in [0.29, 0.717) is 47.8 Å². The molecule has 0 radical (unpaired) electrons. The molecule has 6 nitrogen and oxygen atoms in total. The van der Waals surface area contributed by atoms with Gasteiger partial charge in [0.25, 0.3) is 5.56 Å². The second-order valence-corrected chi connectivity index (χ2v) is 8.49. The molecule has 7 heteroatoms. The monoisotopic (exact) mass is 447 g/mol. The fraction of sp³-hybridized carbons (Fsp3) is 0.240. The van der Waals surface area contributed by atoms with E-state index in [4.69, 9.17) is 9.40 Å². The molecule has 0 bridgehead atoms. The molecule has 0 aliphatic heterocycles. The number of hydrogen-bond donors (Lipinski definition) is 1. The molecule has 0 spiro atoms. The highest BCUT2D eigenvalue weighted by Crippen LogP contribution is 2.24. The normalized spacial score (nSPS) is 11.0. The summed E-state index contributed by atoms with van der Waals surface area (Å²) in [5, 5.41) is 4.11. The number of para-hydroxylation sites is 1. The van der Waals surface area contributed by atoms with Crippen molar-refractivity contribution in [1.29, 1.82) is 0 Å². The first-order valence-electron chi connectivity index (χ1n) is 10.6. The number of amides is 1. The molecule has 164 valence electrons. The molecule has 0 saturated heterocycles. The van der Waals surface area contributed by atoms with Gasteiger partial charge in [0.2, 0.25) is 5.91 Å². The van der Waals surface area contributed by atoms with E-state index in [2.05, 4.69) is 24.4 Å². The summed E-state index contributed by atoms with van der Waals surface area (Å²) in [6.45, 7) is 2.87. The van der Waals surface area contributed by atoms with Crippen LogP contribution in [0.4, 0.5) is 0 Å². The largest absolute Gasteiger partial charge is 0.467 e. The summed E-state index contributed by atoms with van der Waals surface area (Å²) in [6, 6.07) is 19.2. The third-order valence-electron chi connectivity index (χ3n) is 5.27. The van der Waals surface area contributed by atoms with Crippen LogP contribution in [0.25, 0.3) is 10.9 Å². The molecule has 32 heavy (non-hydrogen) atoms. The van der Waals surface area contributed by atoms with Crippen LogP contribution in [0.2, 0.25) is 0 Å². The summed E-state index contributed by atoms with van der Waals surface area (Å²) in [5.74, 6) is 1.36. The molecule has 1 N–H and O–H groups in total. The van der Waals surface area contributed by atoms with E-state index < -0.39 is 0 Å². The van der Waals surface area contributed by atoms with Gasteiger partial charge in [0.05, 0.1) is 23.7 Å². The van der Waals surface area contributed by atoms with Crippen LogP contribution in [-0.2, 0) is 23.6 Å². The van der Waals surface area contributed by atoms with Crippen LogP contribution in [0.3, 0.4) is 0 Å². The number of carbonyl (C=O) groups is 1. The Morgan fingerprint density at radius 3 is 2.72 bits per heavy atom. The molecule has 0 unspecified atom stereocenters. The second-order valence-electron chi connectivity index (χ2n) is 7.54. The van der Waals surface area contributed by atoms with Crippen molar-refractivity contribution < 1.29 is 9.21 Å². The Morgan fingerprint density at radius 2 is 1.91 bits per heavy atom. The maximum atomic E-state index is 13.2. The number of thioether (sulfide) groups is 1. The number of fused-ring (bicyclic) bond motifs is 1. The minimum atomic E-state index is -0.0719. The van der Waals surface area contributed by atoms with Crippen molar-refractivity contribution in [1.82, 2.24) is 14.9 Å². The Morgan fingerprint density at radius 1 is 1.09 bits per heavy atom. The first kappa shape index (κ1) is 21.9. The molecular weight excluding hydrogens is 422 g/mol. The summed E-state index contributed by atoms with van der Waals surface area (Å²) >= 11 is 1.55. The lowest BCUT2D eigenvalue weighted by molar-refractivity contribution is -0.121. The van der Waals surface area contributed by atoms with E-state index in [9.17, 15) is 9.59 Å². The number of nitrogens with one attached hydrogen (secondary N) is 1. The van der Waals surface area contributed by atoms with E-state index in [-0.39, 0.29) is 11.5 Å². The van der Waals surface area contributed by atoms with Crippen LogP contribution >= 0.6 is 11.8 Å². The molecule has 4 aromatic rings. The van der Waals surface area contributed by atoms with Crippen LogP contribution in [0.1, 0.15) is 29.7 Å². The van der Waals surface area contributed by atoms with Gasteiger partial charge in [0.15, 0.2) is 5.16 Å². The molecule has 0 saturated carbocycles. The number of carbonyl (C=O) groups excluding carboxylic acids is 1. The number of benzene rings is 2. The Labute approximate surface area is 190 Å². The number of aromatic nitrogens is 2. The average molecular weight is 448 g/mol. The van der Waals surface area contributed by atoms with Crippen molar-refractivity contribution in [3.63, 3.8) is 0 Å². The summed E-state index contributed by atoms with van der Waals surface area (Å²) in [4.78, 5) is 30.1. The molecule has 0 aliphatic carbocycles. The molecule has 2 aromatic heterocycles. The standard InChI is InChI=1S/C25H25N3O3S/c1-18-8-2-3-9-19(18)17-32-25-27-22-12-5-4-11-21(22)24(30)28(25)14-6-13-23(29)26-16-20-10-7-15-31-20/h2-5,7-12,15H,6,13-14,16-17H2,1H3,(H,26,29). The van der Waals surface area contributed by atoms with Crippen molar-refractivity contribution in [2.24, 2.45) is 0 Å². The SMILES string of the molecule is Cc1ccccc1CSc1nc2ccccc2c(=O)n1CCCC(=O)NCc1ccco1. The minimum absolute atomic E-state index is 0.0705. The van der Waals surface area contributed by atoms with Gasteiger partial charge in [-0.05, 0) is 48.7 Å². The van der Waals surface area contributed by atoms with Gasteiger partial charge >= 0.3 is 0 Å². The number of rotatable bonds is 9. The van der Waals surface area contributed by atoms with Gasteiger partial charge in [-0.3, -0.25) is 14.2 Å². The molecule has 0 aliphatic rings. The van der Waals surface area contributed by atoms with Gasteiger partial charge in [-0.1, -0.05) is 48.2 Å². The van der Waals surface area contributed by atoms with E-state index in [1.54, 1.807) is 34.7 Å². The van der Waals surface area contributed by atoms with Gasteiger partial charge in [0.1, 0.15) is 5.76 Å². The molecule has 0 fully saturated rings. The Balaban J connectivity index is 1.47. The molecule has 2 heterocycles. The topological polar surface area (TPSA) is 77.1 Å². The molecular formula is C25H25N3O3S. The van der Waals surface area contributed by atoms with Gasteiger partial charge in [0, 0.05) is 18.7 Å². The van der Waals surface area contributed by atoms with Crippen LogP contribution < -0.4 is 10.9 Å². The lowest BCUT2D eigenvalue weighted by Gasteiger charge is -2.14. The predicted octanol–water partition coefficient (Wildman–Crippen LogP) is 4.69. The molecule has 1 amide bonds. The van der Waals surface area contributed by atoms with Crippen LogP contribution in [0.15, 0.2) is 81.3 Å².